The van der Waals surface area contributed by atoms with Gasteiger partial charge >= 0.3 is 0 Å². The molecule has 0 spiro atoms. The Kier molecular flexibility index (Phi) is 6.46. The van der Waals surface area contributed by atoms with Crippen molar-refractivity contribution in [1.82, 2.24) is 0 Å². The first-order valence-corrected chi connectivity index (χ1v) is 7.03. The number of nitrogens with two attached hydrogens (primary N) is 1. The summed E-state index contributed by atoms with van der Waals surface area (Å²) in [7, 11) is 3.24. The van der Waals surface area contributed by atoms with Crippen LogP contribution in [0.2, 0.25) is 5.02 Å². The van der Waals surface area contributed by atoms with Crippen molar-refractivity contribution in [3.05, 3.63) is 22.7 Å². The minimum Gasteiger partial charge on any atom is -0.493 e. The predicted molar refractivity (Wildman–Crippen MR) is 80.3 cm³/mol. The zero-order valence-corrected chi connectivity index (χ0v) is 13.0. The number of hydrogen-bond donors (Lipinski definition) is 1. The van der Waals surface area contributed by atoms with Crippen molar-refractivity contribution < 1.29 is 9.47 Å². The summed E-state index contributed by atoms with van der Waals surface area (Å²) in [6.45, 7) is 4.29. The van der Waals surface area contributed by atoms with Crippen LogP contribution in [0.5, 0.6) is 11.5 Å². The van der Waals surface area contributed by atoms with Crippen LogP contribution in [0.4, 0.5) is 0 Å². The summed E-state index contributed by atoms with van der Waals surface area (Å²) in [6, 6.07) is 4.00. The number of aryl methyl sites for hydroxylation is 1. The standard InChI is InChI=1S/C15H24ClNO2/c1-10(2)13(17)7-5-6-11-8-14(18-3)15(19-4)9-12(11)16/h8-10,13H,5-7,17H2,1-4H3. The van der Waals surface area contributed by atoms with Crippen LogP contribution in [0.25, 0.3) is 0 Å². The normalized spacial score (nSPS) is 12.6. The summed E-state index contributed by atoms with van der Waals surface area (Å²) in [6.07, 6.45) is 2.93. The molecule has 3 nitrogen and oxygen atoms in total. The maximum Gasteiger partial charge on any atom is 0.162 e. The van der Waals surface area contributed by atoms with Gasteiger partial charge in [-0.3, -0.25) is 0 Å². The van der Waals surface area contributed by atoms with Crippen LogP contribution >= 0.6 is 11.6 Å². The van der Waals surface area contributed by atoms with Gasteiger partial charge in [-0.15, -0.1) is 0 Å². The average Bonchev–Trinajstić information content (AvgIpc) is 2.39. The molecule has 0 aliphatic rings. The molecule has 1 aromatic carbocycles. The highest BCUT2D eigenvalue weighted by molar-refractivity contribution is 6.31. The third kappa shape index (κ3) is 4.59. The Morgan fingerprint density at radius 1 is 1.16 bits per heavy atom. The second-order valence-corrected chi connectivity index (χ2v) is 5.51. The fourth-order valence-corrected chi connectivity index (χ4v) is 2.20. The quantitative estimate of drug-likeness (QED) is 0.831. The van der Waals surface area contributed by atoms with Crippen molar-refractivity contribution in [2.24, 2.45) is 11.7 Å². The zero-order valence-electron chi connectivity index (χ0n) is 12.2. The molecule has 19 heavy (non-hydrogen) atoms. The van der Waals surface area contributed by atoms with Gasteiger partial charge in [-0.1, -0.05) is 25.4 Å². The fourth-order valence-electron chi connectivity index (χ4n) is 1.95. The lowest BCUT2D eigenvalue weighted by Gasteiger charge is -2.16. The van der Waals surface area contributed by atoms with E-state index in [4.69, 9.17) is 26.8 Å². The fraction of sp³-hybridized carbons (Fsp3) is 0.600. The highest BCUT2D eigenvalue weighted by atomic mass is 35.5. The first kappa shape index (κ1) is 16.1. The van der Waals surface area contributed by atoms with E-state index >= 15 is 0 Å². The van der Waals surface area contributed by atoms with E-state index in [1.807, 2.05) is 6.07 Å². The summed E-state index contributed by atoms with van der Waals surface area (Å²) in [5, 5.41) is 0.718. The van der Waals surface area contributed by atoms with Crippen LogP contribution in [0, 0.1) is 5.92 Å². The Morgan fingerprint density at radius 2 is 1.74 bits per heavy atom. The lowest BCUT2D eigenvalue weighted by atomic mass is 9.97. The van der Waals surface area contributed by atoms with Gasteiger partial charge in [0.25, 0.3) is 0 Å². The number of benzene rings is 1. The molecule has 0 aliphatic heterocycles. The van der Waals surface area contributed by atoms with Crippen molar-refractivity contribution in [2.45, 2.75) is 39.2 Å². The van der Waals surface area contributed by atoms with Crippen molar-refractivity contribution in [2.75, 3.05) is 14.2 Å². The smallest absolute Gasteiger partial charge is 0.162 e. The van der Waals surface area contributed by atoms with Gasteiger partial charge in [0.15, 0.2) is 11.5 Å². The molecule has 0 saturated carbocycles. The molecule has 108 valence electrons. The van der Waals surface area contributed by atoms with Crippen molar-refractivity contribution >= 4 is 11.6 Å². The predicted octanol–water partition coefficient (Wildman–Crippen LogP) is 3.66. The Balaban J connectivity index is 2.68. The van der Waals surface area contributed by atoms with Gasteiger partial charge in [0.2, 0.25) is 0 Å². The molecule has 0 fully saturated rings. The summed E-state index contributed by atoms with van der Waals surface area (Å²) in [5.41, 5.74) is 7.12. The topological polar surface area (TPSA) is 44.5 Å². The molecule has 1 unspecified atom stereocenters. The zero-order chi connectivity index (χ0) is 14.4. The molecular weight excluding hydrogens is 262 g/mol. The lowest BCUT2D eigenvalue weighted by Crippen LogP contribution is -2.26. The van der Waals surface area contributed by atoms with Gasteiger partial charge in [0.05, 0.1) is 14.2 Å². The number of methoxy groups -OCH3 is 2. The van der Waals surface area contributed by atoms with Crippen molar-refractivity contribution in [3.8, 4) is 11.5 Å². The van der Waals surface area contributed by atoms with E-state index in [-0.39, 0.29) is 6.04 Å². The molecule has 1 rings (SSSR count). The van der Waals surface area contributed by atoms with Gasteiger partial charge in [-0.25, -0.2) is 0 Å². The SMILES string of the molecule is COc1cc(Cl)c(CCCC(N)C(C)C)cc1OC. The van der Waals surface area contributed by atoms with Crippen LogP contribution in [0.1, 0.15) is 32.3 Å². The van der Waals surface area contributed by atoms with Crippen molar-refractivity contribution in [3.63, 3.8) is 0 Å². The van der Waals surface area contributed by atoms with E-state index in [0.717, 1.165) is 35.6 Å². The van der Waals surface area contributed by atoms with E-state index in [9.17, 15) is 0 Å². The summed E-state index contributed by atoms with van der Waals surface area (Å²) >= 11 is 6.25. The third-order valence-electron chi connectivity index (χ3n) is 3.39. The molecule has 0 saturated heterocycles. The maximum atomic E-state index is 6.25. The minimum atomic E-state index is 0.249. The third-order valence-corrected chi connectivity index (χ3v) is 3.74. The Labute approximate surface area is 121 Å². The number of rotatable bonds is 7. The maximum absolute atomic E-state index is 6.25. The molecule has 4 heteroatoms. The van der Waals surface area contributed by atoms with Gasteiger partial charge < -0.3 is 15.2 Å². The second-order valence-electron chi connectivity index (χ2n) is 5.10. The average molecular weight is 286 g/mol. The number of hydrogen-bond acceptors (Lipinski definition) is 3. The molecule has 0 aromatic heterocycles. The van der Waals surface area contributed by atoms with Crippen molar-refractivity contribution in [1.29, 1.82) is 0 Å². The molecule has 0 amide bonds. The number of halogens is 1. The molecule has 0 bridgehead atoms. The number of ether oxygens (including phenoxy) is 2. The van der Waals surface area contributed by atoms with Crippen LogP contribution in [0.3, 0.4) is 0 Å². The minimum absolute atomic E-state index is 0.249. The Hall–Kier alpha value is -0.930. The Bertz CT molecular complexity index is 407. The van der Waals surface area contributed by atoms with E-state index in [1.54, 1.807) is 20.3 Å². The summed E-state index contributed by atoms with van der Waals surface area (Å²) in [4.78, 5) is 0. The first-order chi connectivity index (χ1) is 8.99. The summed E-state index contributed by atoms with van der Waals surface area (Å²) in [5.74, 6) is 1.89. The van der Waals surface area contributed by atoms with Crippen LogP contribution in [-0.4, -0.2) is 20.3 Å². The van der Waals surface area contributed by atoms with Crippen LogP contribution in [-0.2, 0) is 6.42 Å². The molecular formula is C15H24ClNO2. The van der Waals surface area contributed by atoms with E-state index < -0.39 is 0 Å². The van der Waals surface area contributed by atoms with Crippen LogP contribution in [0.15, 0.2) is 12.1 Å². The monoisotopic (exact) mass is 285 g/mol. The highest BCUT2D eigenvalue weighted by Crippen LogP contribution is 2.33. The van der Waals surface area contributed by atoms with Gasteiger partial charge in [-0.2, -0.15) is 0 Å². The molecule has 0 radical (unpaired) electrons. The molecule has 0 aliphatic carbocycles. The second kappa shape index (κ2) is 7.61. The highest BCUT2D eigenvalue weighted by Gasteiger charge is 2.11. The van der Waals surface area contributed by atoms with Gasteiger partial charge in [0.1, 0.15) is 0 Å². The lowest BCUT2D eigenvalue weighted by molar-refractivity contribution is 0.354. The molecule has 0 heterocycles. The van der Waals surface area contributed by atoms with E-state index in [2.05, 4.69) is 13.8 Å². The van der Waals surface area contributed by atoms with Gasteiger partial charge in [0, 0.05) is 17.1 Å². The largest absolute Gasteiger partial charge is 0.493 e. The van der Waals surface area contributed by atoms with Crippen LogP contribution < -0.4 is 15.2 Å². The molecule has 2 N–H and O–H groups in total. The van der Waals surface area contributed by atoms with E-state index in [0.29, 0.717) is 11.7 Å². The Morgan fingerprint density at radius 3 is 2.26 bits per heavy atom. The summed E-state index contributed by atoms with van der Waals surface area (Å²) < 4.78 is 10.5. The molecule has 1 atom stereocenters. The first-order valence-electron chi connectivity index (χ1n) is 6.65. The molecule has 1 aromatic rings. The van der Waals surface area contributed by atoms with E-state index in [1.165, 1.54) is 0 Å². The van der Waals surface area contributed by atoms with Gasteiger partial charge in [-0.05, 0) is 36.8 Å².